The summed E-state index contributed by atoms with van der Waals surface area (Å²) in [5, 5.41) is 18.1. The van der Waals surface area contributed by atoms with E-state index < -0.39 is 10.8 Å². The van der Waals surface area contributed by atoms with Gasteiger partial charge in [0, 0.05) is 18.7 Å². The molecule has 2 aromatic carbocycles. The predicted molar refractivity (Wildman–Crippen MR) is 108 cm³/mol. The van der Waals surface area contributed by atoms with Gasteiger partial charge >= 0.3 is 0 Å². The molecule has 1 heterocycles. The van der Waals surface area contributed by atoms with Gasteiger partial charge in [0.15, 0.2) is 0 Å². The fraction of sp³-hybridized carbons (Fsp3) is 0.158. The highest BCUT2D eigenvalue weighted by molar-refractivity contribution is 9.10. The minimum absolute atomic E-state index is 0.191. The van der Waals surface area contributed by atoms with Crippen molar-refractivity contribution >= 4 is 33.2 Å². The summed E-state index contributed by atoms with van der Waals surface area (Å²) in [5.74, 6) is 0.357. The van der Waals surface area contributed by atoms with Crippen molar-refractivity contribution in [1.29, 1.82) is 0 Å². The lowest BCUT2D eigenvalue weighted by atomic mass is 10.2. The van der Waals surface area contributed by atoms with Crippen LogP contribution in [0.3, 0.4) is 0 Å². The van der Waals surface area contributed by atoms with Gasteiger partial charge in [0.2, 0.25) is 0 Å². The molecular weight excluding hydrogens is 428 g/mol. The summed E-state index contributed by atoms with van der Waals surface area (Å²) in [5.41, 5.74) is 1.38. The normalized spacial score (nSPS) is 10.5. The number of nitrogens with one attached hydrogen (secondary N) is 1. The van der Waals surface area contributed by atoms with Crippen LogP contribution in [0.5, 0.6) is 11.5 Å². The van der Waals surface area contributed by atoms with E-state index in [1.807, 2.05) is 32.0 Å². The van der Waals surface area contributed by atoms with Gasteiger partial charge in [-0.2, -0.15) is 5.10 Å². The fourth-order valence-corrected chi connectivity index (χ4v) is 3.13. The van der Waals surface area contributed by atoms with Crippen LogP contribution in [-0.4, -0.2) is 20.6 Å². The maximum absolute atomic E-state index is 12.7. The molecule has 0 radical (unpaired) electrons. The molecule has 8 nitrogen and oxygen atoms in total. The zero-order valence-electron chi connectivity index (χ0n) is 15.2. The van der Waals surface area contributed by atoms with Crippen LogP contribution in [0.15, 0.2) is 53.1 Å². The molecule has 0 bridgehead atoms. The molecule has 0 spiro atoms. The van der Waals surface area contributed by atoms with Gasteiger partial charge in [0.1, 0.15) is 17.2 Å². The molecule has 0 saturated carbocycles. The number of amides is 1. The van der Waals surface area contributed by atoms with Gasteiger partial charge in [0.25, 0.3) is 11.6 Å². The van der Waals surface area contributed by atoms with Crippen LogP contribution in [-0.2, 0) is 6.54 Å². The number of hydrogen-bond donors (Lipinski definition) is 1. The molecule has 0 aliphatic heterocycles. The van der Waals surface area contributed by atoms with Crippen molar-refractivity contribution in [2.75, 3.05) is 5.32 Å². The zero-order valence-corrected chi connectivity index (χ0v) is 16.8. The lowest BCUT2D eigenvalue weighted by Crippen LogP contribution is -2.18. The Kier molecular flexibility index (Phi) is 5.74. The lowest BCUT2D eigenvalue weighted by Gasteiger charge is -2.11. The van der Waals surface area contributed by atoms with Crippen molar-refractivity contribution in [1.82, 2.24) is 9.78 Å². The standard InChI is InChI=1S/C19H17BrN4O4/c1-3-23-18(17(20)11-21-23)19(25)22-13-8-14(24(26)27)10-16(9-13)28-15-6-4-5-12(2)7-15/h4-11H,3H2,1-2H3,(H,22,25). The van der Waals surface area contributed by atoms with Crippen LogP contribution in [0.1, 0.15) is 23.0 Å². The molecule has 0 unspecified atom stereocenters. The Morgan fingerprint density at radius 1 is 1.29 bits per heavy atom. The molecule has 0 fully saturated rings. The molecular formula is C19H17BrN4O4. The van der Waals surface area contributed by atoms with E-state index in [4.69, 9.17) is 4.74 Å². The average Bonchev–Trinajstić information content (AvgIpc) is 3.02. The Balaban J connectivity index is 1.92. The number of hydrogen-bond acceptors (Lipinski definition) is 5. The number of carbonyl (C=O) groups is 1. The Labute approximate surface area is 169 Å². The molecule has 9 heteroatoms. The fourth-order valence-electron chi connectivity index (χ4n) is 2.65. The highest BCUT2D eigenvalue weighted by Crippen LogP contribution is 2.30. The van der Waals surface area contributed by atoms with Crippen molar-refractivity contribution in [2.24, 2.45) is 0 Å². The molecule has 3 aromatic rings. The Morgan fingerprint density at radius 2 is 2.07 bits per heavy atom. The molecule has 0 atom stereocenters. The number of rotatable bonds is 6. The first-order valence-electron chi connectivity index (χ1n) is 8.44. The quantitative estimate of drug-likeness (QED) is 0.429. The maximum atomic E-state index is 12.7. The number of halogens is 1. The number of nitro groups is 1. The average molecular weight is 445 g/mol. The van der Waals surface area contributed by atoms with Gasteiger partial charge in [-0.1, -0.05) is 12.1 Å². The van der Waals surface area contributed by atoms with Crippen LogP contribution in [0, 0.1) is 17.0 Å². The van der Waals surface area contributed by atoms with Crippen LogP contribution < -0.4 is 10.1 Å². The van der Waals surface area contributed by atoms with E-state index in [2.05, 4.69) is 26.3 Å². The van der Waals surface area contributed by atoms with Gasteiger partial charge < -0.3 is 10.1 Å². The van der Waals surface area contributed by atoms with Gasteiger partial charge in [-0.15, -0.1) is 0 Å². The predicted octanol–water partition coefficient (Wildman–Crippen LogP) is 4.93. The maximum Gasteiger partial charge on any atom is 0.275 e. The molecule has 28 heavy (non-hydrogen) atoms. The molecule has 0 saturated heterocycles. The van der Waals surface area contributed by atoms with Gasteiger partial charge in [-0.3, -0.25) is 19.6 Å². The summed E-state index contributed by atoms with van der Waals surface area (Å²) >= 11 is 3.30. The molecule has 144 valence electrons. The minimum atomic E-state index is -0.537. The number of benzene rings is 2. The topological polar surface area (TPSA) is 99.3 Å². The Hall–Kier alpha value is -3.20. The number of nitrogens with zero attached hydrogens (tertiary/aromatic N) is 3. The van der Waals surface area contributed by atoms with Crippen LogP contribution >= 0.6 is 15.9 Å². The Bertz CT molecular complexity index is 1050. The van der Waals surface area contributed by atoms with Gasteiger partial charge in [0.05, 0.1) is 27.3 Å². The molecule has 3 rings (SSSR count). The SMILES string of the molecule is CCn1ncc(Br)c1C(=O)Nc1cc(Oc2cccc(C)c2)cc([N+](=O)[O-])c1. The number of carbonyl (C=O) groups excluding carboxylic acids is 1. The number of aryl methyl sites for hydroxylation is 2. The van der Waals surface area contributed by atoms with E-state index in [0.717, 1.165) is 5.56 Å². The number of non-ortho nitro benzene ring substituents is 1. The van der Waals surface area contributed by atoms with Crippen LogP contribution in [0.2, 0.25) is 0 Å². The van der Waals surface area contributed by atoms with Crippen molar-refractivity contribution in [2.45, 2.75) is 20.4 Å². The monoisotopic (exact) mass is 444 g/mol. The largest absolute Gasteiger partial charge is 0.457 e. The van der Waals surface area contributed by atoms with Crippen molar-refractivity contribution in [3.05, 3.63) is 74.5 Å². The number of anilines is 1. The second kappa shape index (κ2) is 8.22. The summed E-state index contributed by atoms with van der Waals surface area (Å²) in [7, 11) is 0. The van der Waals surface area contributed by atoms with E-state index >= 15 is 0 Å². The molecule has 0 aliphatic rings. The highest BCUT2D eigenvalue weighted by Gasteiger charge is 2.19. The first kappa shape index (κ1) is 19.6. The zero-order chi connectivity index (χ0) is 20.3. The van der Waals surface area contributed by atoms with E-state index in [1.54, 1.807) is 6.07 Å². The van der Waals surface area contributed by atoms with E-state index in [9.17, 15) is 14.9 Å². The van der Waals surface area contributed by atoms with Crippen LogP contribution in [0.4, 0.5) is 11.4 Å². The van der Waals surface area contributed by atoms with E-state index in [1.165, 1.54) is 29.1 Å². The summed E-state index contributed by atoms with van der Waals surface area (Å²) in [6, 6.07) is 11.4. The third-order valence-electron chi connectivity index (χ3n) is 3.89. The second-order valence-corrected chi connectivity index (χ2v) is 6.86. The highest BCUT2D eigenvalue weighted by atomic mass is 79.9. The smallest absolute Gasteiger partial charge is 0.275 e. The third kappa shape index (κ3) is 4.37. The summed E-state index contributed by atoms with van der Waals surface area (Å²) in [4.78, 5) is 23.4. The van der Waals surface area contributed by atoms with E-state index in [-0.39, 0.29) is 17.1 Å². The van der Waals surface area contributed by atoms with Crippen molar-refractivity contribution in [3.63, 3.8) is 0 Å². The van der Waals surface area contributed by atoms with Crippen LogP contribution in [0.25, 0.3) is 0 Å². The Morgan fingerprint density at radius 3 is 2.75 bits per heavy atom. The number of aromatic nitrogens is 2. The number of ether oxygens (including phenoxy) is 1. The summed E-state index contributed by atoms with van der Waals surface area (Å²) in [6.45, 7) is 4.28. The molecule has 1 amide bonds. The summed E-state index contributed by atoms with van der Waals surface area (Å²) < 4.78 is 7.81. The molecule has 1 N–H and O–H groups in total. The third-order valence-corrected chi connectivity index (χ3v) is 4.47. The first-order valence-corrected chi connectivity index (χ1v) is 9.23. The van der Waals surface area contributed by atoms with Crippen molar-refractivity contribution < 1.29 is 14.5 Å². The van der Waals surface area contributed by atoms with E-state index in [0.29, 0.717) is 22.5 Å². The number of nitro benzene ring substituents is 1. The molecule has 1 aromatic heterocycles. The second-order valence-electron chi connectivity index (χ2n) is 6.00. The molecule has 0 aliphatic carbocycles. The lowest BCUT2D eigenvalue weighted by molar-refractivity contribution is -0.384. The van der Waals surface area contributed by atoms with Gasteiger partial charge in [-0.05, 0) is 47.5 Å². The minimum Gasteiger partial charge on any atom is -0.457 e. The van der Waals surface area contributed by atoms with Crippen molar-refractivity contribution in [3.8, 4) is 11.5 Å². The summed E-state index contributed by atoms with van der Waals surface area (Å²) in [6.07, 6.45) is 1.53. The van der Waals surface area contributed by atoms with Gasteiger partial charge in [-0.25, -0.2) is 0 Å². The first-order chi connectivity index (χ1) is 13.4.